The van der Waals surface area contributed by atoms with Crippen molar-refractivity contribution in [1.82, 2.24) is 5.32 Å². The van der Waals surface area contributed by atoms with Gasteiger partial charge in [0.25, 0.3) is 0 Å². The molecule has 0 bridgehead atoms. The Bertz CT molecular complexity index is 215. The van der Waals surface area contributed by atoms with E-state index in [1.165, 1.54) is 13.8 Å². The third kappa shape index (κ3) is 6.79. The van der Waals surface area contributed by atoms with Crippen molar-refractivity contribution < 1.29 is 13.9 Å². The molecule has 1 unspecified atom stereocenters. The molecular weight excluding hydrogens is 189 g/mol. The van der Waals surface area contributed by atoms with Crippen molar-refractivity contribution in [3.8, 4) is 0 Å². The van der Waals surface area contributed by atoms with Crippen LogP contribution in [0.25, 0.3) is 0 Å². The van der Waals surface area contributed by atoms with Crippen molar-refractivity contribution in [3.05, 3.63) is 0 Å². The summed E-state index contributed by atoms with van der Waals surface area (Å²) in [4.78, 5) is 11.2. The fraction of sp³-hybridized carbons (Fsp3) is 0.875. The third-order valence-corrected chi connectivity index (χ3v) is 3.16. The van der Waals surface area contributed by atoms with Crippen LogP contribution in [0.4, 0.5) is 0 Å². The average molecular weight is 207 g/mol. The van der Waals surface area contributed by atoms with E-state index in [0.29, 0.717) is 12.5 Å². The van der Waals surface area contributed by atoms with Crippen molar-refractivity contribution >= 4 is 13.3 Å². The van der Waals surface area contributed by atoms with Crippen LogP contribution in [0.3, 0.4) is 0 Å². The fourth-order valence-corrected chi connectivity index (χ4v) is 1.46. The number of rotatable bonds is 5. The molecule has 0 aromatic rings. The highest BCUT2D eigenvalue weighted by Gasteiger charge is 2.18. The molecule has 0 saturated heterocycles. The molecule has 0 spiro atoms. The van der Waals surface area contributed by atoms with Crippen LogP contribution in [0, 0.1) is 5.92 Å². The maximum Gasteiger partial charge on any atom is 0.229 e. The maximum atomic E-state index is 11.4. The first kappa shape index (κ1) is 12.7. The topological polar surface area (TPSA) is 55.4 Å². The predicted octanol–water partition coefficient (Wildman–Crippen LogP) is 1.31. The van der Waals surface area contributed by atoms with Gasteiger partial charge in [-0.15, -0.1) is 0 Å². The second-order valence-corrected chi connectivity index (χ2v) is 6.26. The maximum absolute atomic E-state index is 11.4. The van der Waals surface area contributed by atoms with Gasteiger partial charge in [0.05, 0.1) is 0 Å². The van der Waals surface area contributed by atoms with E-state index >= 15 is 0 Å². The van der Waals surface area contributed by atoms with Gasteiger partial charge in [-0.1, -0.05) is 13.8 Å². The smallest absolute Gasteiger partial charge is 0.229 e. The molecule has 0 heterocycles. The minimum absolute atomic E-state index is 0.0315. The van der Waals surface area contributed by atoms with Gasteiger partial charge in [0.1, 0.15) is 6.16 Å². The first-order valence-electron chi connectivity index (χ1n) is 4.26. The van der Waals surface area contributed by atoms with Crippen LogP contribution in [0.2, 0.25) is 0 Å². The van der Waals surface area contributed by atoms with E-state index in [1.54, 1.807) is 0 Å². The first-order valence-corrected chi connectivity index (χ1v) is 6.52. The Hall–Kier alpha value is -0.340. The van der Waals surface area contributed by atoms with Crippen LogP contribution in [-0.4, -0.2) is 32.4 Å². The molecule has 13 heavy (non-hydrogen) atoms. The molecule has 1 atom stereocenters. The lowest BCUT2D eigenvalue weighted by atomic mass is 10.2. The van der Waals surface area contributed by atoms with E-state index in [-0.39, 0.29) is 12.1 Å². The summed E-state index contributed by atoms with van der Waals surface area (Å²) in [5, 5.41) is 2.68. The van der Waals surface area contributed by atoms with Crippen LogP contribution in [-0.2, 0) is 13.9 Å². The Morgan fingerprint density at radius 1 is 1.54 bits per heavy atom. The van der Waals surface area contributed by atoms with Gasteiger partial charge in [-0.05, 0) is 5.92 Å². The van der Waals surface area contributed by atoms with Crippen LogP contribution in [0.5, 0.6) is 0 Å². The van der Waals surface area contributed by atoms with E-state index in [4.69, 9.17) is 4.52 Å². The summed E-state index contributed by atoms with van der Waals surface area (Å²) in [7, 11) is -1.34. The lowest BCUT2D eigenvalue weighted by molar-refractivity contribution is -0.118. The van der Waals surface area contributed by atoms with Crippen molar-refractivity contribution in [2.75, 3.05) is 26.5 Å². The highest BCUT2D eigenvalue weighted by atomic mass is 31.2. The van der Waals surface area contributed by atoms with Gasteiger partial charge >= 0.3 is 0 Å². The Labute approximate surface area is 79.5 Å². The lowest BCUT2D eigenvalue weighted by Crippen LogP contribution is -2.29. The minimum atomic E-state index is -2.70. The lowest BCUT2D eigenvalue weighted by Gasteiger charge is -2.11. The quantitative estimate of drug-likeness (QED) is 0.691. The van der Waals surface area contributed by atoms with E-state index in [9.17, 15) is 9.36 Å². The van der Waals surface area contributed by atoms with E-state index in [1.807, 2.05) is 13.8 Å². The molecule has 4 nitrogen and oxygen atoms in total. The van der Waals surface area contributed by atoms with Crippen molar-refractivity contribution in [1.29, 1.82) is 0 Å². The summed E-state index contributed by atoms with van der Waals surface area (Å²) >= 11 is 0. The monoisotopic (exact) mass is 207 g/mol. The predicted molar refractivity (Wildman–Crippen MR) is 53.3 cm³/mol. The van der Waals surface area contributed by atoms with E-state index in [2.05, 4.69) is 5.32 Å². The van der Waals surface area contributed by atoms with Gasteiger partial charge in [0.15, 0.2) is 0 Å². The molecule has 0 radical (unpaired) electrons. The normalized spacial score (nSPS) is 15.5. The molecule has 0 saturated carbocycles. The van der Waals surface area contributed by atoms with E-state index in [0.717, 1.165) is 0 Å². The van der Waals surface area contributed by atoms with Crippen LogP contribution >= 0.6 is 7.37 Å². The number of carbonyl (C=O) groups is 1. The summed E-state index contributed by atoms with van der Waals surface area (Å²) in [6, 6.07) is 0. The Balaban J connectivity index is 3.82. The summed E-state index contributed by atoms with van der Waals surface area (Å²) in [6.07, 6.45) is -0.0315. The summed E-state index contributed by atoms with van der Waals surface area (Å²) < 4.78 is 16.1. The highest BCUT2D eigenvalue weighted by Crippen LogP contribution is 2.40. The largest absolute Gasteiger partial charge is 0.355 e. The summed E-state index contributed by atoms with van der Waals surface area (Å²) in [5.74, 6) is 0.198. The van der Waals surface area contributed by atoms with Gasteiger partial charge < -0.3 is 9.84 Å². The molecule has 0 aliphatic carbocycles. The van der Waals surface area contributed by atoms with E-state index < -0.39 is 7.37 Å². The molecule has 0 aliphatic rings. The Morgan fingerprint density at radius 2 is 2.08 bits per heavy atom. The molecule has 0 aromatic carbocycles. The minimum Gasteiger partial charge on any atom is -0.355 e. The molecule has 1 amide bonds. The molecule has 5 heteroatoms. The third-order valence-electron chi connectivity index (χ3n) is 1.52. The zero-order valence-electron chi connectivity index (χ0n) is 8.66. The highest BCUT2D eigenvalue weighted by molar-refractivity contribution is 7.59. The molecule has 0 rings (SSSR count). The second-order valence-electron chi connectivity index (χ2n) is 3.55. The Kier molecular flexibility index (Phi) is 5.26. The van der Waals surface area contributed by atoms with Crippen molar-refractivity contribution in [3.63, 3.8) is 0 Å². The number of nitrogens with one attached hydrogen (secondary N) is 1. The number of carbonyl (C=O) groups excluding carboxylic acids is 1. The van der Waals surface area contributed by atoms with Crippen molar-refractivity contribution in [2.24, 2.45) is 5.92 Å². The summed E-state index contributed by atoms with van der Waals surface area (Å²) in [5.41, 5.74) is 0. The average Bonchev–Trinajstić information content (AvgIpc) is 2.00. The van der Waals surface area contributed by atoms with Gasteiger partial charge in [0, 0.05) is 20.3 Å². The van der Waals surface area contributed by atoms with Gasteiger partial charge in [-0.3, -0.25) is 9.36 Å². The SMILES string of the molecule is COP(C)(=O)CC(=O)NCC(C)C. The molecule has 0 aliphatic heterocycles. The molecular formula is C8H18NO3P. The molecule has 0 fully saturated rings. The molecule has 78 valence electrons. The fourth-order valence-electron chi connectivity index (χ4n) is 0.699. The Morgan fingerprint density at radius 3 is 2.46 bits per heavy atom. The first-order chi connectivity index (χ1) is 5.87. The van der Waals surface area contributed by atoms with Crippen LogP contribution in [0.1, 0.15) is 13.8 Å². The van der Waals surface area contributed by atoms with Crippen LogP contribution in [0.15, 0.2) is 0 Å². The van der Waals surface area contributed by atoms with Gasteiger partial charge in [-0.25, -0.2) is 0 Å². The number of hydrogen-bond donors (Lipinski definition) is 1. The van der Waals surface area contributed by atoms with Crippen LogP contribution < -0.4 is 5.32 Å². The molecule has 0 aromatic heterocycles. The molecule has 1 N–H and O–H groups in total. The second kappa shape index (κ2) is 5.40. The zero-order valence-corrected chi connectivity index (χ0v) is 9.56. The standard InChI is InChI=1S/C8H18NO3P/c1-7(2)5-9-8(10)6-13(4,11)12-3/h7H,5-6H2,1-4H3,(H,9,10). The number of amides is 1. The van der Waals surface area contributed by atoms with Crippen molar-refractivity contribution in [2.45, 2.75) is 13.8 Å². The van der Waals surface area contributed by atoms with Gasteiger partial charge in [0.2, 0.25) is 13.3 Å². The van der Waals surface area contributed by atoms with Gasteiger partial charge in [-0.2, -0.15) is 0 Å². The number of hydrogen-bond acceptors (Lipinski definition) is 3. The summed E-state index contributed by atoms with van der Waals surface area (Å²) in [6.45, 7) is 6.08. The zero-order chi connectivity index (χ0) is 10.5.